The minimum Gasteiger partial charge on any atom is -0.477 e. The fraction of sp³-hybridized carbons (Fsp3) is 0.357. The van der Waals surface area contributed by atoms with Crippen LogP contribution >= 0.6 is 23.5 Å². The number of carboxylic acids is 1. The van der Waals surface area contributed by atoms with Gasteiger partial charge in [-0.15, -0.1) is 23.5 Å². The van der Waals surface area contributed by atoms with Gasteiger partial charge in [-0.2, -0.15) is 0 Å². The number of esters is 1. The van der Waals surface area contributed by atoms with Crippen molar-refractivity contribution in [3.05, 3.63) is 40.6 Å². The molecule has 1 atom stereocenters. The van der Waals surface area contributed by atoms with Gasteiger partial charge in [0.25, 0.3) is 0 Å². The highest BCUT2D eigenvalue weighted by molar-refractivity contribution is 8.03. The number of carbonyl (C=O) groups is 2. The normalized spacial score (nSPS) is 20.0. The molecule has 0 saturated carbocycles. The number of nitrogens with zero attached hydrogens (tertiary/aromatic N) is 2. The molecule has 9 heteroatoms. The van der Waals surface area contributed by atoms with E-state index in [9.17, 15) is 9.59 Å². The quantitative estimate of drug-likeness (QED) is 0.783. The van der Waals surface area contributed by atoms with Crippen LogP contribution in [0.3, 0.4) is 0 Å². The first-order valence-corrected chi connectivity index (χ1v) is 8.94. The van der Waals surface area contributed by atoms with Crippen molar-refractivity contribution < 1.29 is 19.4 Å². The van der Waals surface area contributed by atoms with E-state index in [1.165, 1.54) is 30.5 Å². The summed E-state index contributed by atoms with van der Waals surface area (Å²) in [5.74, 6) is 1.27. The van der Waals surface area contributed by atoms with Crippen molar-refractivity contribution in [1.29, 1.82) is 0 Å². The molecule has 1 aromatic heterocycles. The van der Waals surface area contributed by atoms with Gasteiger partial charge < -0.3 is 19.7 Å². The van der Waals surface area contributed by atoms with E-state index in [4.69, 9.17) is 9.84 Å². The third-order valence-electron chi connectivity index (χ3n) is 3.50. The second-order valence-corrected chi connectivity index (χ2v) is 7.03. The number of aromatic nitrogens is 2. The van der Waals surface area contributed by atoms with Gasteiger partial charge in [0.15, 0.2) is 0 Å². The molecule has 122 valence electrons. The summed E-state index contributed by atoms with van der Waals surface area (Å²) >= 11 is 3.08. The number of hydrogen-bond acceptors (Lipinski definition) is 7. The molecule has 2 aliphatic rings. The molecule has 0 radical (unpaired) electrons. The number of aliphatic carboxylic acids is 1. The molecule has 0 aliphatic carbocycles. The zero-order valence-corrected chi connectivity index (χ0v) is 13.9. The Balaban J connectivity index is 1.83. The molecule has 7 nitrogen and oxygen atoms in total. The highest BCUT2D eigenvalue weighted by atomic mass is 32.2. The summed E-state index contributed by atoms with van der Waals surface area (Å²) in [4.78, 5) is 27.7. The lowest BCUT2D eigenvalue weighted by Gasteiger charge is -2.14. The summed E-state index contributed by atoms with van der Waals surface area (Å²) in [6, 6.07) is 0. The van der Waals surface area contributed by atoms with Gasteiger partial charge in [-0.05, 0) is 0 Å². The fourth-order valence-electron chi connectivity index (χ4n) is 2.35. The number of rotatable bonds is 4. The average Bonchev–Trinajstić information content (AvgIpc) is 3.02. The van der Waals surface area contributed by atoms with E-state index in [-0.39, 0.29) is 10.9 Å². The van der Waals surface area contributed by atoms with Crippen molar-refractivity contribution >= 4 is 35.5 Å². The molecule has 0 aromatic carbocycles. The number of fused-ring (bicyclic) bond motifs is 1. The van der Waals surface area contributed by atoms with Gasteiger partial charge in [0.1, 0.15) is 11.5 Å². The van der Waals surface area contributed by atoms with E-state index in [0.717, 1.165) is 23.1 Å². The molecule has 0 saturated heterocycles. The van der Waals surface area contributed by atoms with Crippen LogP contribution in [0.15, 0.2) is 29.1 Å². The van der Waals surface area contributed by atoms with Gasteiger partial charge in [0.2, 0.25) is 0 Å². The fourth-order valence-corrected chi connectivity index (χ4v) is 4.32. The second kappa shape index (κ2) is 6.71. The lowest BCUT2D eigenvalue weighted by Crippen LogP contribution is -2.21. The van der Waals surface area contributed by atoms with Crippen LogP contribution in [0, 0.1) is 0 Å². The summed E-state index contributed by atoms with van der Waals surface area (Å²) in [5.41, 5.74) is 1.31. The number of ether oxygens (including phenoxy) is 1. The molecule has 2 aliphatic heterocycles. The van der Waals surface area contributed by atoms with Crippen molar-refractivity contribution in [3.8, 4) is 0 Å². The minimum absolute atomic E-state index is 0.0302. The van der Waals surface area contributed by atoms with Gasteiger partial charge in [0.05, 0.1) is 30.0 Å². The largest absolute Gasteiger partial charge is 0.477 e. The average molecular weight is 353 g/mol. The SMILES string of the molecule is COC(=O)C1=CNC(C(=O)O)=CSC1Cc1cn2c(n1)CSC2. The number of imidazole rings is 1. The van der Waals surface area contributed by atoms with Crippen LogP contribution in [-0.2, 0) is 32.4 Å². The summed E-state index contributed by atoms with van der Waals surface area (Å²) in [6.45, 7) is 0. The highest BCUT2D eigenvalue weighted by Gasteiger charge is 2.27. The molecule has 3 rings (SSSR count). The van der Waals surface area contributed by atoms with E-state index in [1.807, 2.05) is 6.20 Å². The van der Waals surface area contributed by atoms with Crippen molar-refractivity contribution in [2.45, 2.75) is 23.3 Å². The zero-order chi connectivity index (χ0) is 16.4. The summed E-state index contributed by atoms with van der Waals surface area (Å²) < 4.78 is 6.91. The van der Waals surface area contributed by atoms with Crippen LogP contribution < -0.4 is 5.32 Å². The predicted molar refractivity (Wildman–Crippen MR) is 87.6 cm³/mol. The van der Waals surface area contributed by atoms with E-state index >= 15 is 0 Å². The van der Waals surface area contributed by atoms with Crippen molar-refractivity contribution in [3.63, 3.8) is 0 Å². The van der Waals surface area contributed by atoms with Crippen LogP contribution in [-0.4, -0.2) is 39.0 Å². The lowest BCUT2D eigenvalue weighted by atomic mass is 10.1. The number of nitrogens with one attached hydrogen (secondary N) is 1. The molecule has 0 bridgehead atoms. The van der Waals surface area contributed by atoms with E-state index < -0.39 is 11.9 Å². The number of thioether (sulfide) groups is 2. The Labute approximate surface area is 141 Å². The molecule has 3 heterocycles. The number of carboxylic acid groups (broad SMARTS) is 1. The predicted octanol–water partition coefficient (Wildman–Crippen LogP) is 1.32. The molecule has 0 amide bonds. The molecule has 0 spiro atoms. The molecule has 2 N–H and O–H groups in total. The minimum atomic E-state index is -1.07. The first kappa shape index (κ1) is 16.0. The van der Waals surface area contributed by atoms with Gasteiger partial charge in [-0.25, -0.2) is 14.6 Å². The Morgan fingerprint density at radius 1 is 1.57 bits per heavy atom. The zero-order valence-electron chi connectivity index (χ0n) is 12.3. The first-order valence-electron chi connectivity index (χ1n) is 6.85. The number of hydrogen-bond donors (Lipinski definition) is 2. The van der Waals surface area contributed by atoms with Gasteiger partial charge in [-0.3, -0.25) is 0 Å². The Bertz CT molecular complexity index is 689. The van der Waals surface area contributed by atoms with Crippen molar-refractivity contribution in [1.82, 2.24) is 14.9 Å². The van der Waals surface area contributed by atoms with Crippen molar-refractivity contribution in [2.75, 3.05) is 7.11 Å². The van der Waals surface area contributed by atoms with Crippen LogP contribution in [0.1, 0.15) is 11.5 Å². The third kappa shape index (κ3) is 3.40. The molecule has 0 fully saturated rings. The number of carbonyl (C=O) groups excluding carboxylic acids is 1. The van der Waals surface area contributed by atoms with E-state index in [2.05, 4.69) is 14.9 Å². The van der Waals surface area contributed by atoms with Crippen LogP contribution in [0.25, 0.3) is 0 Å². The Morgan fingerprint density at radius 2 is 2.39 bits per heavy atom. The second-order valence-electron chi connectivity index (χ2n) is 5.00. The topological polar surface area (TPSA) is 93.5 Å². The maximum Gasteiger partial charge on any atom is 0.352 e. The summed E-state index contributed by atoms with van der Waals surface area (Å²) in [5, 5.41) is 13.0. The number of methoxy groups -OCH3 is 1. The molecule has 1 unspecified atom stereocenters. The lowest BCUT2D eigenvalue weighted by molar-refractivity contribution is -0.136. The maximum absolute atomic E-state index is 12.0. The van der Waals surface area contributed by atoms with Gasteiger partial charge in [-0.1, -0.05) is 0 Å². The maximum atomic E-state index is 12.0. The van der Waals surface area contributed by atoms with E-state index in [1.54, 1.807) is 11.8 Å². The van der Waals surface area contributed by atoms with Gasteiger partial charge in [0, 0.05) is 29.5 Å². The monoisotopic (exact) mass is 353 g/mol. The Kier molecular flexibility index (Phi) is 4.67. The molecule has 1 aromatic rings. The molecular weight excluding hydrogens is 338 g/mol. The highest BCUT2D eigenvalue weighted by Crippen LogP contribution is 2.30. The molecule has 23 heavy (non-hydrogen) atoms. The Morgan fingerprint density at radius 3 is 3.09 bits per heavy atom. The van der Waals surface area contributed by atoms with E-state index in [0.29, 0.717) is 12.0 Å². The first-order chi connectivity index (χ1) is 11.1. The van der Waals surface area contributed by atoms with Crippen LogP contribution in [0.4, 0.5) is 0 Å². The summed E-state index contributed by atoms with van der Waals surface area (Å²) in [6.07, 6.45) is 3.93. The molecular formula is C14H15N3O4S2. The van der Waals surface area contributed by atoms with Crippen molar-refractivity contribution in [2.24, 2.45) is 0 Å². The smallest absolute Gasteiger partial charge is 0.352 e. The van der Waals surface area contributed by atoms with Crippen LogP contribution in [0.2, 0.25) is 0 Å². The Hall–Kier alpha value is -1.87. The third-order valence-corrected chi connectivity index (χ3v) is 5.54. The standard InChI is InChI=1S/C14H15N3O4S2/c1-21-14(20)9-3-15-10(13(18)19)5-23-11(9)2-8-4-17-7-22-6-12(17)16-8/h3-5,11,15H,2,6-7H2,1H3,(H,18,19). The summed E-state index contributed by atoms with van der Waals surface area (Å²) in [7, 11) is 1.31. The van der Waals surface area contributed by atoms with Gasteiger partial charge >= 0.3 is 11.9 Å². The van der Waals surface area contributed by atoms with Crippen LogP contribution in [0.5, 0.6) is 0 Å².